The number of thiophene rings is 1. The van der Waals surface area contributed by atoms with Gasteiger partial charge in [-0.3, -0.25) is 14.9 Å². The van der Waals surface area contributed by atoms with Gasteiger partial charge in [0.1, 0.15) is 6.10 Å². The van der Waals surface area contributed by atoms with Crippen LogP contribution in [0.15, 0.2) is 109 Å². The average molecular weight is 606 g/mol. The maximum Gasteiger partial charge on any atom is 0.268 e. The number of fused-ring (bicyclic) bond motifs is 1. The van der Waals surface area contributed by atoms with Gasteiger partial charge in [0.25, 0.3) is 11.8 Å². The van der Waals surface area contributed by atoms with E-state index in [0.717, 1.165) is 16.0 Å². The second-order valence-corrected chi connectivity index (χ2v) is 11.2. The second-order valence-electron chi connectivity index (χ2n) is 10.1. The van der Waals surface area contributed by atoms with E-state index in [0.29, 0.717) is 39.7 Å². The van der Waals surface area contributed by atoms with Gasteiger partial charge in [0, 0.05) is 42.5 Å². The first-order chi connectivity index (χ1) is 21.4. The molecule has 0 aliphatic carbocycles. The van der Waals surface area contributed by atoms with E-state index in [4.69, 9.17) is 9.72 Å². The molecule has 3 aromatic carbocycles. The third-order valence-corrected chi connectivity index (χ3v) is 8.45. The number of pyridine rings is 1. The number of imidazole rings is 1. The van der Waals surface area contributed by atoms with E-state index in [1.54, 1.807) is 49.4 Å². The van der Waals surface area contributed by atoms with Crippen molar-refractivity contribution in [1.29, 1.82) is 0 Å². The van der Waals surface area contributed by atoms with Gasteiger partial charge in [-0.15, -0.1) is 11.3 Å². The summed E-state index contributed by atoms with van der Waals surface area (Å²) in [5, 5.41) is 2.97. The fraction of sp³-hybridized carbons (Fsp3) is 0.118. The number of amides is 2. The van der Waals surface area contributed by atoms with Crippen LogP contribution < -0.4 is 10.2 Å². The van der Waals surface area contributed by atoms with Crippen molar-refractivity contribution in [2.24, 2.45) is 0 Å². The van der Waals surface area contributed by atoms with E-state index in [2.05, 4.69) is 10.3 Å². The molecule has 0 bridgehead atoms. The molecule has 0 aliphatic rings. The van der Waals surface area contributed by atoms with Crippen molar-refractivity contribution < 1.29 is 18.7 Å². The van der Waals surface area contributed by atoms with E-state index >= 15 is 0 Å². The lowest BCUT2D eigenvalue weighted by atomic mass is 10.1. The Hall–Kier alpha value is -5.19. The molecule has 0 aliphatic heterocycles. The van der Waals surface area contributed by atoms with E-state index in [-0.39, 0.29) is 17.9 Å². The van der Waals surface area contributed by atoms with Gasteiger partial charge in [-0.25, -0.2) is 9.97 Å². The van der Waals surface area contributed by atoms with Crippen molar-refractivity contribution in [1.82, 2.24) is 14.5 Å². The topological polar surface area (TPSA) is 89.3 Å². The molecular weight excluding hydrogens is 577 g/mol. The molecule has 2 amide bonds. The molecule has 220 valence electrons. The van der Waals surface area contributed by atoms with Crippen LogP contribution in [0.3, 0.4) is 0 Å². The monoisotopic (exact) mass is 605 g/mol. The molecule has 8 nitrogen and oxygen atoms in total. The molecule has 6 aromatic rings. The van der Waals surface area contributed by atoms with Gasteiger partial charge < -0.3 is 14.2 Å². The number of hydrogen-bond donors (Lipinski definition) is 1. The number of methoxy groups -OCH3 is 1. The molecule has 6 rings (SSSR count). The molecule has 10 heteroatoms. The maximum absolute atomic E-state index is 13.7. The van der Waals surface area contributed by atoms with Gasteiger partial charge in [-0.1, -0.05) is 48.5 Å². The number of aromatic nitrogens is 3. The lowest BCUT2D eigenvalue weighted by Crippen LogP contribution is -2.26. The Morgan fingerprint density at radius 2 is 1.73 bits per heavy atom. The van der Waals surface area contributed by atoms with E-state index in [1.165, 1.54) is 23.6 Å². The summed E-state index contributed by atoms with van der Waals surface area (Å²) in [6.45, 7) is 0.372. The van der Waals surface area contributed by atoms with Crippen molar-refractivity contribution in [3.8, 4) is 10.4 Å². The number of benzene rings is 3. The average Bonchev–Trinajstić information content (AvgIpc) is 3.69. The predicted molar refractivity (Wildman–Crippen MR) is 171 cm³/mol. The molecular formula is C34H28FN5O3S. The number of rotatable bonds is 9. The molecule has 0 fully saturated rings. The molecule has 0 spiro atoms. The van der Waals surface area contributed by atoms with Gasteiger partial charge in [0.2, 0.25) is 11.9 Å². The third kappa shape index (κ3) is 5.98. The summed E-state index contributed by atoms with van der Waals surface area (Å²) in [7, 11) is 3.36. The highest BCUT2D eigenvalue weighted by Crippen LogP contribution is 2.31. The SMILES string of the molecule is CO[C@@H](Cn1c(NC(=O)c2ccc(-c3ccnc(F)c3)s2)nc2cc(N(C)C(=O)c3ccccc3)ccc21)c1ccccc1. The lowest BCUT2D eigenvalue weighted by molar-refractivity contribution is 0.0890. The van der Waals surface area contributed by atoms with Crippen molar-refractivity contribution in [2.75, 3.05) is 24.4 Å². The molecule has 0 saturated carbocycles. The van der Waals surface area contributed by atoms with Crippen LogP contribution in [0.25, 0.3) is 21.5 Å². The molecule has 44 heavy (non-hydrogen) atoms. The van der Waals surface area contributed by atoms with Crippen LogP contribution in [0.4, 0.5) is 16.0 Å². The highest BCUT2D eigenvalue weighted by Gasteiger charge is 2.22. The van der Waals surface area contributed by atoms with Gasteiger partial charge >= 0.3 is 0 Å². The first kappa shape index (κ1) is 28.9. The zero-order chi connectivity index (χ0) is 30.6. The number of ether oxygens (including phenoxy) is 1. The maximum atomic E-state index is 13.7. The van der Waals surface area contributed by atoms with Crippen LogP contribution in [0.1, 0.15) is 31.7 Å². The Morgan fingerprint density at radius 3 is 2.45 bits per heavy atom. The van der Waals surface area contributed by atoms with Crippen molar-refractivity contribution in [2.45, 2.75) is 12.6 Å². The Kier molecular flexibility index (Phi) is 8.27. The number of carbonyl (C=O) groups is 2. The highest BCUT2D eigenvalue weighted by atomic mass is 32.1. The quantitative estimate of drug-likeness (QED) is 0.176. The molecule has 1 N–H and O–H groups in total. The lowest BCUT2D eigenvalue weighted by Gasteiger charge is -2.19. The normalized spacial score (nSPS) is 11.8. The zero-order valence-electron chi connectivity index (χ0n) is 24.0. The molecule has 1 atom stereocenters. The number of anilines is 2. The van der Waals surface area contributed by atoms with Gasteiger partial charge in [-0.2, -0.15) is 4.39 Å². The van der Waals surface area contributed by atoms with Crippen LogP contribution in [-0.4, -0.2) is 40.5 Å². The summed E-state index contributed by atoms with van der Waals surface area (Å²) in [6.07, 6.45) is 1.08. The molecule has 0 saturated heterocycles. The van der Waals surface area contributed by atoms with E-state index in [1.807, 2.05) is 71.3 Å². The minimum absolute atomic E-state index is 0.149. The number of halogens is 1. The minimum Gasteiger partial charge on any atom is -0.375 e. The molecule has 3 heterocycles. The fourth-order valence-electron chi connectivity index (χ4n) is 4.98. The summed E-state index contributed by atoms with van der Waals surface area (Å²) in [5.41, 5.74) is 4.22. The van der Waals surface area contributed by atoms with Crippen LogP contribution >= 0.6 is 11.3 Å². The van der Waals surface area contributed by atoms with Crippen LogP contribution in [0.5, 0.6) is 0 Å². The van der Waals surface area contributed by atoms with Gasteiger partial charge in [-0.05, 0) is 59.7 Å². The van der Waals surface area contributed by atoms with Crippen LogP contribution in [0.2, 0.25) is 0 Å². The summed E-state index contributed by atoms with van der Waals surface area (Å²) in [6, 6.07) is 31.0. The van der Waals surface area contributed by atoms with Crippen LogP contribution in [-0.2, 0) is 11.3 Å². The summed E-state index contributed by atoms with van der Waals surface area (Å²) >= 11 is 1.25. The molecule has 3 aromatic heterocycles. The fourth-order valence-corrected chi connectivity index (χ4v) is 5.88. The van der Waals surface area contributed by atoms with Gasteiger partial charge in [0.05, 0.1) is 22.5 Å². The number of nitrogens with zero attached hydrogens (tertiary/aromatic N) is 4. The standard InChI is InChI=1S/C34H28FN5O3S/c1-39(33(42)23-11-7-4-8-12-23)25-13-14-27-26(20-25)37-34(40(27)21-28(43-2)22-9-5-3-6-10-22)38-32(41)30-16-15-29(44-30)24-17-18-36-31(35)19-24/h3-20,28H,21H2,1-2H3,(H,37,38,41)/t28-/m0/s1. The zero-order valence-corrected chi connectivity index (χ0v) is 24.8. The van der Waals surface area contributed by atoms with Crippen molar-refractivity contribution in [3.63, 3.8) is 0 Å². The van der Waals surface area contributed by atoms with E-state index < -0.39 is 5.95 Å². The minimum atomic E-state index is -0.586. The summed E-state index contributed by atoms with van der Waals surface area (Å²) < 4.78 is 21.5. The Morgan fingerprint density at radius 1 is 0.977 bits per heavy atom. The number of nitrogens with one attached hydrogen (secondary N) is 1. The summed E-state index contributed by atoms with van der Waals surface area (Å²) in [4.78, 5) is 37.8. The smallest absolute Gasteiger partial charge is 0.268 e. The first-order valence-corrected chi connectivity index (χ1v) is 14.7. The Balaban J connectivity index is 1.35. The number of carbonyl (C=O) groups excluding carboxylic acids is 2. The number of hydrogen-bond acceptors (Lipinski definition) is 6. The van der Waals surface area contributed by atoms with Crippen molar-refractivity contribution >= 4 is 45.8 Å². The van der Waals surface area contributed by atoms with E-state index in [9.17, 15) is 14.0 Å². The van der Waals surface area contributed by atoms with Crippen molar-refractivity contribution in [3.05, 3.63) is 131 Å². The highest BCUT2D eigenvalue weighted by molar-refractivity contribution is 7.17. The first-order valence-electron chi connectivity index (χ1n) is 13.9. The van der Waals surface area contributed by atoms with Gasteiger partial charge in [0.15, 0.2) is 0 Å². The third-order valence-electron chi connectivity index (χ3n) is 7.31. The Labute approximate surface area is 257 Å². The second kappa shape index (κ2) is 12.6. The predicted octanol–water partition coefficient (Wildman–Crippen LogP) is 7.22. The molecule has 0 unspecified atom stereocenters. The largest absolute Gasteiger partial charge is 0.375 e. The molecule has 0 radical (unpaired) electrons. The van der Waals surface area contributed by atoms with Crippen LogP contribution in [0, 0.1) is 5.95 Å². The Bertz CT molecular complexity index is 1940. The summed E-state index contributed by atoms with van der Waals surface area (Å²) in [5.74, 6) is -0.749.